The molecule has 0 amide bonds. The average molecular weight is 286 g/mol. The summed E-state index contributed by atoms with van der Waals surface area (Å²) in [6.45, 7) is -0.738. The highest BCUT2D eigenvalue weighted by Gasteiger charge is 2.17. The zero-order chi connectivity index (χ0) is 15.3. The molecule has 1 rings (SSSR count). The number of aliphatic hydroxyl groups excluding tert-OH is 2. The van der Waals surface area contributed by atoms with Crippen molar-refractivity contribution in [2.75, 3.05) is 20.2 Å². The molecular weight excluding hydrogens is 268 g/mol. The maximum Gasteiger partial charge on any atom is 0.323 e. The molecule has 112 valence electrons. The van der Waals surface area contributed by atoms with Gasteiger partial charge in [0, 0.05) is 24.8 Å². The number of hydrogen-bond acceptors (Lipinski definition) is 6. The van der Waals surface area contributed by atoms with Crippen LogP contribution in [0.25, 0.3) is 0 Å². The predicted molar refractivity (Wildman–Crippen MR) is 69.3 cm³/mol. The first-order valence-corrected chi connectivity index (χ1v) is 5.97. The lowest BCUT2D eigenvalue weighted by molar-refractivity contribution is -0.137. The van der Waals surface area contributed by atoms with Gasteiger partial charge < -0.3 is 25.0 Å². The fourth-order valence-corrected chi connectivity index (χ4v) is 1.87. The Bertz CT molecular complexity index is 539. The molecule has 20 heavy (non-hydrogen) atoms. The third-order valence-corrected chi connectivity index (χ3v) is 2.83. The van der Waals surface area contributed by atoms with Crippen molar-refractivity contribution < 1.29 is 25.2 Å². The monoisotopic (exact) mass is 286 g/mol. The Morgan fingerprint density at radius 2 is 2.05 bits per heavy atom. The number of likely N-dealkylation sites (N-methyl/N-ethyl adjacent to an activating group) is 1. The van der Waals surface area contributed by atoms with Crippen molar-refractivity contribution in [3.05, 3.63) is 27.7 Å². The number of carboxylic acid groups (broad SMARTS) is 1. The van der Waals surface area contributed by atoms with E-state index in [2.05, 4.69) is 0 Å². The molecule has 0 saturated carbocycles. The van der Waals surface area contributed by atoms with Crippen LogP contribution in [0.1, 0.15) is 11.4 Å². The molecule has 8 nitrogen and oxygen atoms in total. The summed E-state index contributed by atoms with van der Waals surface area (Å²) in [5, 5.41) is 36.8. The molecule has 4 N–H and O–H groups in total. The Morgan fingerprint density at radius 3 is 2.55 bits per heavy atom. The molecular formula is C12H18N2O6. The Hall–Kier alpha value is -1.90. The molecule has 0 aliphatic heterocycles. The number of pyridine rings is 1. The Labute approximate surface area is 115 Å². The number of aliphatic hydroxyl groups is 2. The van der Waals surface area contributed by atoms with Gasteiger partial charge in [-0.2, -0.15) is 0 Å². The number of aliphatic carboxylic acids is 1. The number of hydrogen-bond donors (Lipinski definition) is 4. The first kappa shape index (κ1) is 16.2. The van der Waals surface area contributed by atoms with Crippen LogP contribution in [0.4, 0.5) is 0 Å². The first-order valence-electron chi connectivity index (χ1n) is 5.97. The maximum absolute atomic E-state index is 11.6. The van der Waals surface area contributed by atoms with Crippen LogP contribution in [-0.2, 0) is 24.5 Å². The molecule has 0 unspecified atom stereocenters. The maximum atomic E-state index is 11.6. The summed E-state index contributed by atoms with van der Waals surface area (Å²) in [7, 11) is 1.65. The summed E-state index contributed by atoms with van der Waals surface area (Å²) in [5.74, 6) is -1.71. The van der Waals surface area contributed by atoms with Gasteiger partial charge >= 0.3 is 5.97 Å². The van der Waals surface area contributed by atoms with E-state index in [1.54, 1.807) is 11.9 Å². The fraction of sp³-hybridized carbons (Fsp3) is 0.500. The van der Waals surface area contributed by atoms with Gasteiger partial charge in [-0.15, -0.1) is 0 Å². The lowest BCUT2D eigenvalue weighted by Gasteiger charge is -2.21. The van der Waals surface area contributed by atoms with Crippen molar-refractivity contribution in [2.45, 2.75) is 19.7 Å². The lowest BCUT2D eigenvalue weighted by atomic mass is 10.2. The van der Waals surface area contributed by atoms with Gasteiger partial charge in [-0.05, 0) is 7.05 Å². The molecule has 0 spiro atoms. The van der Waals surface area contributed by atoms with Crippen molar-refractivity contribution >= 4 is 5.97 Å². The van der Waals surface area contributed by atoms with E-state index < -0.39 is 30.3 Å². The number of carboxylic acids is 1. The van der Waals surface area contributed by atoms with Crippen LogP contribution in [-0.4, -0.2) is 56.1 Å². The van der Waals surface area contributed by atoms with Gasteiger partial charge in [0.15, 0.2) is 5.75 Å². The highest BCUT2D eigenvalue weighted by atomic mass is 16.4. The third-order valence-electron chi connectivity index (χ3n) is 2.83. The van der Waals surface area contributed by atoms with Crippen LogP contribution in [0.5, 0.6) is 5.75 Å². The van der Waals surface area contributed by atoms with Gasteiger partial charge in [-0.25, -0.2) is 0 Å². The third kappa shape index (κ3) is 3.80. The second kappa shape index (κ2) is 7.04. The van der Waals surface area contributed by atoms with Crippen LogP contribution in [0.2, 0.25) is 0 Å². The van der Waals surface area contributed by atoms with Crippen molar-refractivity contribution in [2.24, 2.45) is 0 Å². The van der Waals surface area contributed by atoms with Crippen molar-refractivity contribution in [3.8, 4) is 5.75 Å². The Balaban J connectivity index is 3.32. The Morgan fingerprint density at radius 1 is 1.40 bits per heavy atom. The summed E-state index contributed by atoms with van der Waals surface area (Å²) in [6.07, 6.45) is 0. The van der Waals surface area contributed by atoms with E-state index in [4.69, 9.17) is 10.2 Å². The van der Waals surface area contributed by atoms with Crippen LogP contribution in [0, 0.1) is 0 Å². The molecule has 0 aromatic carbocycles. The molecule has 0 atom stereocenters. The number of aromatic nitrogens is 1. The van der Waals surface area contributed by atoms with E-state index in [1.807, 2.05) is 0 Å². The quantitative estimate of drug-likeness (QED) is 0.484. The minimum absolute atomic E-state index is 0.0722. The van der Waals surface area contributed by atoms with Crippen molar-refractivity contribution in [3.63, 3.8) is 0 Å². The topological polar surface area (TPSA) is 123 Å². The molecule has 0 radical (unpaired) electrons. The van der Waals surface area contributed by atoms with E-state index in [1.165, 1.54) is 4.57 Å². The Kier molecular flexibility index (Phi) is 5.68. The fourth-order valence-electron chi connectivity index (χ4n) is 1.87. The highest BCUT2D eigenvalue weighted by molar-refractivity contribution is 5.67. The number of nitrogens with zero attached hydrogens (tertiary/aromatic N) is 2. The number of aromatic hydroxyl groups is 1. The smallest absolute Gasteiger partial charge is 0.323 e. The van der Waals surface area contributed by atoms with Gasteiger partial charge in [0.2, 0.25) is 5.43 Å². The van der Waals surface area contributed by atoms with Gasteiger partial charge in [0.25, 0.3) is 0 Å². The predicted octanol–water partition coefficient (Wildman–Crippen LogP) is -1.45. The van der Waals surface area contributed by atoms with Gasteiger partial charge in [0.1, 0.15) is 6.54 Å². The summed E-state index contributed by atoms with van der Waals surface area (Å²) >= 11 is 0. The first-order chi connectivity index (χ1) is 9.40. The summed E-state index contributed by atoms with van der Waals surface area (Å²) in [5.41, 5.74) is -0.467. The average Bonchev–Trinajstić information content (AvgIpc) is 2.37. The molecule has 1 aromatic rings. The van der Waals surface area contributed by atoms with Gasteiger partial charge in [-0.3, -0.25) is 14.5 Å². The minimum atomic E-state index is -1.16. The van der Waals surface area contributed by atoms with E-state index >= 15 is 0 Å². The van der Waals surface area contributed by atoms with Crippen LogP contribution in [0.3, 0.4) is 0 Å². The van der Waals surface area contributed by atoms with Crippen molar-refractivity contribution in [1.29, 1.82) is 0 Å². The van der Waals surface area contributed by atoms with Crippen LogP contribution < -0.4 is 5.43 Å². The largest absolute Gasteiger partial charge is 0.503 e. The van der Waals surface area contributed by atoms with Crippen LogP contribution in [0.15, 0.2) is 10.9 Å². The molecule has 8 heteroatoms. The zero-order valence-corrected chi connectivity index (χ0v) is 11.1. The zero-order valence-electron chi connectivity index (χ0n) is 11.1. The molecule has 0 aliphatic rings. The number of rotatable bonds is 7. The SMILES string of the molecule is CN(CCO)Cc1c(O)c(=O)cc(CO)n1CC(=O)O. The molecule has 1 aromatic heterocycles. The van der Waals surface area contributed by atoms with Gasteiger partial charge in [0.05, 0.1) is 18.9 Å². The lowest BCUT2D eigenvalue weighted by Crippen LogP contribution is -2.28. The highest BCUT2D eigenvalue weighted by Crippen LogP contribution is 2.16. The summed E-state index contributed by atoms with van der Waals surface area (Å²) in [6, 6.07) is 1.01. The molecule has 0 fully saturated rings. The molecule has 0 aliphatic carbocycles. The summed E-state index contributed by atoms with van der Waals surface area (Å²) < 4.78 is 1.19. The van der Waals surface area contributed by atoms with E-state index in [9.17, 15) is 19.8 Å². The van der Waals surface area contributed by atoms with E-state index in [0.717, 1.165) is 6.07 Å². The standard InChI is InChI=1S/C12H18N2O6/c1-13(2-3-15)5-9-12(20)10(17)4-8(7-16)14(9)6-11(18)19/h4,15-16,20H,2-3,5-7H2,1H3,(H,18,19). The molecule has 1 heterocycles. The summed E-state index contributed by atoms with van der Waals surface area (Å²) in [4.78, 5) is 24.1. The normalized spacial score (nSPS) is 11.0. The molecule has 0 bridgehead atoms. The number of carbonyl (C=O) groups is 1. The van der Waals surface area contributed by atoms with E-state index in [-0.39, 0.29) is 24.5 Å². The minimum Gasteiger partial charge on any atom is -0.503 e. The van der Waals surface area contributed by atoms with Crippen molar-refractivity contribution in [1.82, 2.24) is 9.47 Å². The van der Waals surface area contributed by atoms with E-state index in [0.29, 0.717) is 6.54 Å². The second-order valence-electron chi connectivity index (χ2n) is 4.39. The second-order valence-corrected chi connectivity index (χ2v) is 4.39. The van der Waals surface area contributed by atoms with Crippen LogP contribution >= 0.6 is 0 Å². The van der Waals surface area contributed by atoms with Gasteiger partial charge in [-0.1, -0.05) is 0 Å². The molecule has 0 saturated heterocycles.